The number of benzene rings is 1. The van der Waals surface area contributed by atoms with Gasteiger partial charge in [0.25, 0.3) is 0 Å². The molecule has 0 spiro atoms. The Hall–Kier alpha value is -1.19. The Morgan fingerprint density at radius 1 is 1.06 bits per heavy atom. The van der Waals surface area contributed by atoms with Crippen LogP contribution in [0.5, 0.6) is 5.75 Å². The molecule has 0 aliphatic heterocycles. The number of ether oxygens (including phenoxy) is 1. The lowest BCUT2D eigenvalue weighted by Gasteiger charge is -2.24. The minimum atomic E-state index is -4.65. The molecule has 0 fully saturated rings. The highest BCUT2D eigenvalue weighted by Gasteiger charge is 2.33. The first-order valence-corrected chi connectivity index (χ1v) is 5.91. The topological polar surface area (TPSA) is 9.23 Å². The Morgan fingerprint density at radius 3 is 2.00 bits per heavy atom. The van der Waals surface area contributed by atoms with Gasteiger partial charge in [0.1, 0.15) is 5.75 Å². The summed E-state index contributed by atoms with van der Waals surface area (Å²) in [7, 11) is 0. The lowest BCUT2D eigenvalue weighted by molar-refractivity contribution is -0.275. The highest BCUT2D eigenvalue weighted by molar-refractivity contribution is 5.42. The van der Waals surface area contributed by atoms with E-state index in [1.807, 2.05) is 34.6 Å². The average molecular weight is 260 g/mol. The van der Waals surface area contributed by atoms with Gasteiger partial charge in [-0.1, -0.05) is 46.8 Å². The fourth-order valence-electron chi connectivity index (χ4n) is 1.71. The standard InChI is InChI=1S/C14H19F3O/c1-9(2)10-6-7-12(18-14(15,16)17)11(8-10)13(3,4)5/h6-9H,1-5H3. The molecule has 0 aromatic heterocycles. The van der Waals surface area contributed by atoms with Gasteiger partial charge in [0.2, 0.25) is 0 Å². The summed E-state index contributed by atoms with van der Waals surface area (Å²) >= 11 is 0. The van der Waals surface area contributed by atoms with E-state index in [0.29, 0.717) is 5.56 Å². The van der Waals surface area contributed by atoms with Crippen molar-refractivity contribution in [1.29, 1.82) is 0 Å². The van der Waals surface area contributed by atoms with Crippen LogP contribution in [0, 0.1) is 0 Å². The molecule has 18 heavy (non-hydrogen) atoms. The van der Waals surface area contributed by atoms with E-state index in [-0.39, 0.29) is 11.7 Å². The third kappa shape index (κ3) is 3.93. The number of rotatable bonds is 2. The van der Waals surface area contributed by atoms with Crippen molar-refractivity contribution >= 4 is 0 Å². The minimum Gasteiger partial charge on any atom is -0.405 e. The molecule has 0 N–H and O–H groups in total. The Morgan fingerprint density at radius 2 is 1.61 bits per heavy atom. The molecule has 4 heteroatoms. The second kappa shape index (κ2) is 4.82. The molecule has 0 saturated heterocycles. The molecule has 1 aromatic carbocycles. The molecule has 0 unspecified atom stereocenters. The van der Waals surface area contributed by atoms with Crippen molar-refractivity contribution in [2.45, 2.75) is 52.3 Å². The smallest absolute Gasteiger partial charge is 0.405 e. The molecule has 1 rings (SSSR count). The van der Waals surface area contributed by atoms with E-state index in [1.54, 1.807) is 12.1 Å². The first kappa shape index (κ1) is 14.9. The summed E-state index contributed by atoms with van der Waals surface area (Å²) in [6.45, 7) is 9.62. The molecule has 1 aromatic rings. The highest BCUT2D eigenvalue weighted by atomic mass is 19.4. The van der Waals surface area contributed by atoms with Gasteiger partial charge in [0, 0.05) is 5.56 Å². The molecule has 0 bridgehead atoms. The number of hydrogen-bond donors (Lipinski definition) is 0. The van der Waals surface area contributed by atoms with Crippen LogP contribution in [0.25, 0.3) is 0 Å². The molecule has 0 atom stereocenters. The first-order valence-electron chi connectivity index (χ1n) is 5.91. The van der Waals surface area contributed by atoms with E-state index in [0.717, 1.165) is 5.56 Å². The van der Waals surface area contributed by atoms with Gasteiger partial charge in [-0.05, 0) is 23.0 Å². The molecule has 1 nitrogen and oxygen atoms in total. The van der Waals surface area contributed by atoms with Crippen molar-refractivity contribution in [1.82, 2.24) is 0 Å². The predicted molar refractivity (Wildman–Crippen MR) is 65.9 cm³/mol. The van der Waals surface area contributed by atoms with Gasteiger partial charge in [-0.25, -0.2) is 0 Å². The Bertz CT molecular complexity index is 414. The maximum Gasteiger partial charge on any atom is 0.573 e. The van der Waals surface area contributed by atoms with Crippen molar-refractivity contribution in [2.24, 2.45) is 0 Å². The SMILES string of the molecule is CC(C)c1ccc(OC(F)(F)F)c(C(C)(C)C)c1. The fourth-order valence-corrected chi connectivity index (χ4v) is 1.71. The van der Waals surface area contributed by atoms with Gasteiger partial charge >= 0.3 is 6.36 Å². The second-order valence-electron chi connectivity index (χ2n) is 5.71. The van der Waals surface area contributed by atoms with Crippen LogP contribution in [0.15, 0.2) is 18.2 Å². The van der Waals surface area contributed by atoms with Crippen LogP contribution < -0.4 is 4.74 Å². The van der Waals surface area contributed by atoms with E-state index in [4.69, 9.17) is 0 Å². The highest BCUT2D eigenvalue weighted by Crippen LogP contribution is 2.36. The van der Waals surface area contributed by atoms with Gasteiger partial charge in [-0.2, -0.15) is 0 Å². The van der Waals surface area contributed by atoms with Crippen molar-refractivity contribution < 1.29 is 17.9 Å². The molecule has 0 aliphatic rings. The third-order valence-electron chi connectivity index (χ3n) is 2.70. The van der Waals surface area contributed by atoms with Crippen molar-refractivity contribution in [3.8, 4) is 5.75 Å². The van der Waals surface area contributed by atoms with Gasteiger partial charge in [0.05, 0.1) is 0 Å². The van der Waals surface area contributed by atoms with Gasteiger partial charge < -0.3 is 4.74 Å². The Labute approximate surface area is 106 Å². The van der Waals surface area contributed by atoms with Crippen LogP contribution in [-0.4, -0.2) is 6.36 Å². The van der Waals surface area contributed by atoms with E-state index >= 15 is 0 Å². The Kier molecular flexibility index (Phi) is 3.99. The lowest BCUT2D eigenvalue weighted by atomic mass is 9.84. The molecular formula is C14H19F3O. The van der Waals surface area contributed by atoms with E-state index in [1.165, 1.54) is 6.07 Å². The number of alkyl halides is 3. The predicted octanol–water partition coefficient (Wildman–Crippen LogP) is 5.01. The summed E-state index contributed by atoms with van der Waals surface area (Å²) in [5.74, 6) is 0.158. The zero-order chi connectivity index (χ0) is 14.1. The number of hydrogen-bond acceptors (Lipinski definition) is 1. The van der Waals surface area contributed by atoms with Gasteiger partial charge in [-0.3, -0.25) is 0 Å². The summed E-state index contributed by atoms with van der Waals surface area (Å²) in [6.07, 6.45) is -4.65. The monoisotopic (exact) mass is 260 g/mol. The minimum absolute atomic E-state index is 0.112. The van der Waals surface area contributed by atoms with E-state index in [9.17, 15) is 13.2 Å². The molecule has 0 heterocycles. The zero-order valence-electron chi connectivity index (χ0n) is 11.4. The van der Waals surface area contributed by atoms with Gasteiger partial charge in [0.15, 0.2) is 0 Å². The maximum atomic E-state index is 12.3. The van der Waals surface area contributed by atoms with Crippen LogP contribution in [0.2, 0.25) is 0 Å². The lowest BCUT2D eigenvalue weighted by Crippen LogP contribution is -2.21. The summed E-state index contributed by atoms with van der Waals surface area (Å²) < 4.78 is 41.1. The van der Waals surface area contributed by atoms with Crippen LogP contribution in [0.1, 0.15) is 51.7 Å². The number of halogens is 3. The molecule has 102 valence electrons. The summed E-state index contributed by atoms with van der Waals surface area (Å²) in [5.41, 5.74) is 1.19. The first-order chi connectivity index (χ1) is 8.00. The van der Waals surface area contributed by atoms with Crippen LogP contribution >= 0.6 is 0 Å². The maximum absolute atomic E-state index is 12.3. The second-order valence-corrected chi connectivity index (χ2v) is 5.71. The van der Waals surface area contributed by atoms with Crippen molar-refractivity contribution in [3.05, 3.63) is 29.3 Å². The molecule has 0 amide bonds. The quantitative estimate of drug-likeness (QED) is 0.726. The normalized spacial score (nSPS) is 12.9. The molecule has 0 aliphatic carbocycles. The molecule has 0 radical (unpaired) electrons. The van der Waals surface area contributed by atoms with Crippen LogP contribution in [-0.2, 0) is 5.41 Å². The van der Waals surface area contributed by atoms with Crippen molar-refractivity contribution in [3.63, 3.8) is 0 Å². The van der Waals surface area contributed by atoms with Crippen molar-refractivity contribution in [2.75, 3.05) is 0 Å². The van der Waals surface area contributed by atoms with E-state index < -0.39 is 11.8 Å². The van der Waals surface area contributed by atoms with Crippen LogP contribution in [0.3, 0.4) is 0 Å². The average Bonchev–Trinajstić information content (AvgIpc) is 2.13. The largest absolute Gasteiger partial charge is 0.573 e. The summed E-state index contributed by atoms with van der Waals surface area (Å²) in [6, 6.07) is 4.89. The molecule has 0 saturated carbocycles. The third-order valence-corrected chi connectivity index (χ3v) is 2.70. The molecular weight excluding hydrogens is 241 g/mol. The fraction of sp³-hybridized carbons (Fsp3) is 0.571. The van der Waals surface area contributed by atoms with Crippen LogP contribution in [0.4, 0.5) is 13.2 Å². The van der Waals surface area contributed by atoms with E-state index in [2.05, 4.69) is 4.74 Å². The van der Waals surface area contributed by atoms with Gasteiger partial charge in [-0.15, -0.1) is 13.2 Å². The summed E-state index contributed by atoms with van der Waals surface area (Å²) in [5, 5.41) is 0. The zero-order valence-corrected chi connectivity index (χ0v) is 11.4. The Balaban J connectivity index is 3.26. The summed E-state index contributed by atoms with van der Waals surface area (Å²) in [4.78, 5) is 0.